The Hall–Kier alpha value is -4.42. The van der Waals surface area contributed by atoms with Crippen LogP contribution in [0.15, 0.2) is 93.9 Å². The first kappa shape index (κ1) is 25.2. The Kier molecular flexibility index (Phi) is 6.51. The molecule has 2 amide bonds. The maximum atomic E-state index is 14.2. The molecule has 38 heavy (non-hydrogen) atoms. The molecular weight excluding hydrogens is 624 g/mol. The summed E-state index contributed by atoms with van der Waals surface area (Å²) < 4.78 is 0.872. The lowest BCUT2D eigenvalue weighted by atomic mass is 10.0. The predicted molar refractivity (Wildman–Crippen MR) is 147 cm³/mol. The van der Waals surface area contributed by atoms with Gasteiger partial charge < -0.3 is 0 Å². The average Bonchev–Trinajstić information content (AvgIpc) is 2.90. The molecule has 0 spiro atoms. The molecule has 4 aromatic carbocycles. The highest BCUT2D eigenvalue weighted by Crippen LogP contribution is 2.44. The minimum atomic E-state index is -0.657. The molecule has 0 atom stereocenters. The largest absolute Gasteiger partial charge is 0.294 e. The fourth-order valence-electron chi connectivity index (χ4n) is 4.30. The summed E-state index contributed by atoms with van der Waals surface area (Å²) in [5, 5.41) is 23.9. The van der Waals surface area contributed by atoms with Crippen LogP contribution in [0.4, 0.5) is 34.1 Å². The zero-order valence-electron chi connectivity index (χ0n) is 19.1. The van der Waals surface area contributed by atoms with Crippen molar-refractivity contribution in [2.45, 2.75) is 0 Å². The lowest BCUT2D eigenvalue weighted by Crippen LogP contribution is -2.36. The second kappa shape index (κ2) is 9.80. The molecule has 0 fully saturated rings. The Morgan fingerprint density at radius 2 is 0.921 bits per heavy atom. The van der Waals surface area contributed by atoms with Crippen molar-refractivity contribution in [3.8, 4) is 0 Å². The summed E-state index contributed by atoms with van der Waals surface area (Å²) in [7, 11) is 0. The van der Waals surface area contributed by atoms with Crippen LogP contribution in [0.2, 0.25) is 0 Å². The van der Waals surface area contributed by atoms with Crippen LogP contribution in [-0.4, -0.2) is 21.7 Å². The maximum Gasteiger partial charge on any atom is 0.294 e. The van der Waals surface area contributed by atoms with Crippen LogP contribution in [-0.2, 0) is 0 Å². The van der Waals surface area contributed by atoms with E-state index in [0.717, 1.165) is 9.80 Å². The quantitative estimate of drug-likeness (QED) is 0.171. The van der Waals surface area contributed by atoms with Gasteiger partial charge in [0.15, 0.2) is 0 Å². The molecule has 0 saturated carbocycles. The number of nitro benzene ring substituents is 2. The molecule has 188 valence electrons. The van der Waals surface area contributed by atoms with E-state index < -0.39 is 21.7 Å². The minimum absolute atomic E-state index is 0.0183. The number of hydrogen-bond acceptors (Lipinski definition) is 6. The van der Waals surface area contributed by atoms with Gasteiger partial charge in [-0.2, -0.15) is 0 Å². The second-order valence-electron chi connectivity index (χ2n) is 8.10. The highest BCUT2D eigenvalue weighted by molar-refractivity contribution is 9.10. The van der Waals surface area contributed by atoms with Crippen molar-refractivity contribution in [3.63, 3.8) is 0 Å². The number of halogens is 2. The Bertz CT molecular complexity index is 1550. The lowest BCUT2D eigenvalue weighted by Gasteiger charge is -2.32. The number of carbonyl (C=O) groups is 2. The molecule has 0 unspecified atom stereocenters. The number of hydrogen-bond donors (Lipinski definition) is 0. The second-order valence-corrected chi connectivity index (χ2v) is 9.93. The van der Waals surface area contributed by atoms with Gasteiger partial charge in [-0.3, -0.25) is 39.6 Å². The first-order chi connectivity index (χ1) is 18.2. The number of para-hydroxylation sites is 2. The van der Waals surface area contributed by atoms with E-state index in [9.17, 15) is 29.8 Å². The third-order valence-corrected chi connectivity index (χ3v) is 6.89. The molecule has 5 rings (SSSR count). The Balaban J connectivity index is 1.85. The van der Waals surface area contributed by atoms with Crippen LogP contribution in [0.3, 0.4) is 0 Å². The number of fused-ring (bicyclic) bond motifs is 2. The summed E-state index contributed by atoms with van der Waals surface area (Å²) in [6, 6.07) is 20.8. The third-order valence-electron chi connectivity index (χ3n) is 5.91. The molecule has 0 saturated heterocycles. The fraction of sp³-hybridized carbons (Fsp3) is 0. The fourth-order valence-corrected chi connectivity index (χ4v) is 5.00. The lowest BCUT2D eigenvalue weighted by molar-refractivity contribution is -0.384. The zero-order valence-corrected chi connectivity index (χ0v) is 22.2. The van der Waals surface area contributed by atoms with E-state index in [1.165, 1.54) is 48.5 Å². The van der Waals surface area contributed by atoms with Crippen molar-refractivity contribution in [2.24, 2.45) is 0 Å². The normalized spacial score (nSPS) is 12.9. The van der Waals surface area contributed by atoms with Gasteiger partial charge in [-0.05, 0) is 48.5 Å². The van der Waals surface area contributed by atoms with Gasteiger partial charge in [0.1, 0.15) is 11.4 Å². The van der Waals surface area contributed by atoms with Gasteiger partial charge in [-0.25, -0.2) is 0 Å². The summed E-state index contributed by atoms with van der Waals surface area (Å²) in [5.41, 5.74) is -0.571. The Morgan fingerprint density at radius 1 is 0.553 bits per heavy atom. The van der Waals surface area contributed by atoms with E-state index in [1.807, 2.05) is 0 Å². The van der Waals surface area contributed by atoms with Crippen LogP contribution < -0.4 is 9.80 Å². The molecule has 1 heterocycles. The summed E-state index contributed by atoms with van der Waals surface area (Å²) in [6.45, 7) is 0. The van der Waals surface area contributed by atoms with Gasteiger partial charge in [-0.15, -0.1) is 0 Å². The first-order valence-electron chi connectivity index (χ1n) is 10.9. The van der Waals surface area contributed by atoms with Crippen molar-refractivity contribution in [2.75, 3.05) is 9.80 Å². The molecule has 10 nitrogen and oxygen atoms in total. The van der Waals surface area contributed by atoms with E-state index in [4.69, 9.17) is 0 Å². The molecule has 0 bridgehead atoms. The van der Waals surface area contributed by atoms with Gasteiger partial charge in [0.05, 0.1) is 32.3 Å². The van der Waals surface area contributed by atoms with E-state index in [1.54, 1.807) is 36.4 Å². The first-order valence-corrected chi connectivity index (χ1v) is 12.5. The number of anilines is 4. The molecule has 0 aliphatic carbocycles. The van der Waals surface area contributed by atoms with Gasteiger partial charge >= 0.3 is 0 Å². The van der Waals surface area contributed by atoms with Gasteiger partial charge in [0.25, 0.3) is 23.2 Å². The van der Waals surface area contributed by atoms with Crippen molar-refractivity contribution >= 4 is 77.8 Å². The minimum Gasteiger partial charge on any atom is -0.269 e. The monoisotopic (exact) mass is 636 g/mol. The van der Waals surface area contributed by atoms with Crippen LogP contribution in [0.1, 0.15) is 20.7 Å². The zero-order chi connectivity index (χ0) is 27.1. The van der Waals surface area contributed by atoms with Gasteiger partial charge in [0.2, 0.25) is 0 Å². The molecule has 0 N–H and O–H groups in total. The average molecular weight is 638 g/mol. The van der Waals surface area contributed by atoms with E-state index in [-0.39, 0.29) is 45.3 Å². The maximum absolute atomic E-state index is 14.2. The van der Waals surface area contributed by atoms with Gasteiger partial charge in [-0.1, -0.05) is 56.1 Å². The standard InChI is InChI=1S/C26H14Br2N4O6/c27-15-9-11-21(23(13-15)31(35)36)29-19-7-3-1-5-17(19)25(33)30(20-8-4-2-6-18(20)26(29)34)22-12-10-16(28)14-24(22)32(37)38/h1-14H. The molecule has 0 radical (unpaired) electrons. The SMILES string of the molecule is O=C1c2ccccc2N(c2ccc(Br)cc2[N+](=O)[O-])C(=O)c2ccccc2N1c1ccc(Br)cc1[N+](=O)[O-]. The molecule has 0 aromatic heterocycles. The van der Waals surface area contributed by atoms with Crippen LogP contribution in [0.5, 0.6) is 0 Å². The summed E-state index contributed by atoms with van der Waals surface area (Å²) in [5.74, 6) is -1.31. The number of rotatable bonds is 4. The van der Waals surface area contributed by atoms with Crippen molar-refractivity contribution in [1.82, 2.24) is 0 Å². The summed E-state index contributed by atoms with van der Waals surface area (Å²) in [6.07, 6.45) is 0. The number of amides is 2. The van der Waals surface area contributed by atoms with Crippen LogP contribution >= 0.6 is 31.9 Å². The van der Waals surface area contributed by atoms with Crippen LogP contribution in [0, 0.1) is 20.2 Å². The summed E-state index contributed by atoms with van der Waals surface area (Å²) >= 11 is 6.46. The molecule has 1 aliphatic heterocycles. The number of benzene rings is 4. The molecule has 4 aromatic rings. The highest BCUT2D eigenvalue weighted by Gasteiger charge is 2.38. The van der Waals surface area contributed by atoms with Gasteiger partial charge in [0, 0.05) is 21.1 Å². The Morgan fingerprint density at radius 3 is 1.29 bits per heavy atom. The number of carbonyl (C=O) groups excluding carboxylic acids is 2. The molecular formula is C26H14Br2N4O6. The number of nitrogens with zero attached hydrogens (tertiary/aromatic N) is 4. The highest BCUT2D eigenvalue weighted by atomic mass is 79.9. The summed E-state index contributed by atoms with van der Waals surface area (Å²) in [4.78, 5) is 53.3. The number of nitro groups is 2. The van der Waals surface area contributed by atoms with E-state index >= 15 is 0 Å². The third kappa shape index (κ3) is 4.23. The van der Waals surface area contributed by atoms with Crippen molar-refractivity contribution in [3.05, 3.63) is 125 Å². The smallest absolute Gasteiger partial charge is 0.269 e. The topological polar surface area (TPSA) is 127 Å². The van der Waals surface area contributed by atoms with E-state index in [2.05, 4.69) is 31.9 Å². The predicted octanol–water partition coefficient (Wildman–Crippen LogP) is 7.30. The van der Waals surface area contributed by atoms with Crippen molar-refractivity contribution < 1.29 is 19.4 Å². The molecule has 1 aliphatic rings. The Labute approximate surface area is 231 Å². The molecule has 12 heteroatoms. The van der Waals surface area contributed by atoms with Crippen LogP contribution in [0.25, 0.3) is 0 Å². The van der Waals surface area contributed by atoms with Crippen molar-refractivity contribution in [1.29, 1.82) is 0 Å². The van der Waals surface area contributed by atoms with E-state index in [0.29, 0.717) is 8.95 Å².